The molecule has 0 atom stereocenters. The van der Waals surface area contributed by atoms with E-state index in [4.69, 9.17) is 0 Å². The quantitative estimate of drug-likeness (QED) is 0.583. The number of aromatic nitrogens is 2. The van der Waals surface area contributed by atoms with Gasteiger partial charge in [-0.1, -0.05) is 36.4 Å². The molecule has 6 nitrogen and oxygen atoms in total. The standard InChI is InChI=1S/C17H16N4O2/c22-14-8-4-7-13(9-14)20-17(23)16-15(11-19-21-16)18-10-12-5-2-1-3-6-12/h1-9,11,18,22H,10H2,(H,19,21)(H,20,23). The predicted molar refractivity (Wildman–Crippen MR) is 88.4 cm³/mol. The summed E-state index contributed by atoms with van der Waals surface area (Å²) in [5, 5.41) is 22.0. The summed E-state index contributed by atoms with van der Waals surface area (Å²) in [6, 6.07) is 16.2. The van der Waals surface area contributed by atoms with Crippen LogP contribution in [-0.2, 0) is 6.54 Å². The van der Waals surface area contributed by atoms with E-state index in [1.165, 1.54) is 12.1 Å². The Hall–Kier alpha value is -3.28. The molecule has 0 saturated carbocycles. The van der Waals surface area contributed by atoms with E-state index in [1.807, 2.05) is 30.3 Å². The first-order chi connectivity index (χ1) is 11.2. The number of phenolic OH excluding ortho intramolecular Hbond substituents is 1. The average molecular weight is 308 g/mol. The van der Waals surface area contributed by atoms with E-state index in [1.54, 1.807) is 18.3 Å². The van der Waals surface area contributed by atoms with Gasteiger partial charge in [0.15, 0.2) is 5.69 Å². The summed E-state index contributed by atoms with van der Waals surface area (Å²) in [6.45, 7) is 0.590. The van der Waals surface area contributed by atoms with Crippen LogP contribution in [0.25, 0.3) is 0 Å². The Labute approximate surface area is 133 Å². The van der Waals surface area contributed by atoms with E-state index < -0.39 is 0 Å². The number of hydrogen-bond acceptors (Lipinski definition) is 4. The van der Waals surface area contributed by atoms with Crippen molar-refractivity contribution in [3.05, 3.63) is 72.1 Å². The zero-order chi connectivity index (χ0) is 16.1. The molecule has 2 aromatic carbocycles. The van der Waals surface area contributed by atoms with Crippen molar-refractivity contribution in [1.82, 2.24) is 10.2 Å². The van der Waals surface area contributed by atoms with Gasteiger partial charge in [-0.25, -0.2) is 0 Å². The third kappa shape index (κ3) is 3.68. The average Bonchev–Trinajstić information content (AvgIpc) is 3.02. The van der Waals surface area contributed by atoms with Gasteiger partial charge in [0.05, 0.1) is 5.69 Å². The van der Waals surface area contributed by atoms with Gasteiger partial charge in [-0.2, -0.15) is 5.10 Å². The first-order valence-electron chi connectivity index (χ1n) is 7.14. The number of carbonyl (C=O) groups excluding carboxylic acids is 1. The predicted octanol–water partition coefficient (Wildman–Crippen LogP) is 2.98. The molecule has 0 saturated heterocycles. The lowest BCUT2D eigenvalue weighted by Gasteiger charge is -2.07. The number of benzene rings is 2. The van der Waals surface area contributed by atoms with E-state index in [9.17, 15) is 9.90 Å². The fourth-order valence-corrected chi connectivity index (χ4v) is 2.16. The van der Waals surface area contributed by atoms with E-state index in [0.717, 1.165) is 5.56 Å². The second-order valence-corrected chi connectivity index (χ2v) is 4.99. The van der Waals surface area contributed by atoms with E-state index >= 15 is 0 Å². The lowest BCUT2D eigenvalue weighted by atomic mass is 10.2. The van der Waals surface area contributed by atoms with Crippen molar-refractivity contribution in [2.75, 3.05) is 10.6 Å². The Morgan fingerprint density at radius 3 is 2.74 bits per heavy atom. The molecule has 3 rings (SSSR count). The first-order valence-corrected chi connectivity index (χ1v) is 7.14. The molecule has 0 aliphatic rings. The van der Waals surface area contributed by atoms with E-state index in [-0.39, 0.29) is 17.4 Å². The van der Waals surface area contributed by atoms with Crippen LogP contribution in [0.4, 0.5) is 11.4 Å². The normalized spacial score (nSPS) is 10.3. The summed E-state index contributed by atoms with van der Waals surface area (Å²) in [6.07, 6.45) is 1.64. The summed E-state index contributed by atoms with van der Waals surface area (Å²) in [7, 11) is 0. The third-order valence-electron chi connectivity index (χ3n) is 3.29. The zero-order valence-corrected chi connectivity index (χ0v) is 12.3. The Balaban J connectivity index is 1.69. The molecule has 0 aliphatic heterocycles. The minimum Gasteiger partial charge on any atom is -0.508 e. The molecule has 0 unspecified atom stereocenters. The second kappa shape index (κ2) is 6.65. The number of anilines is 2. The fraction of sp³-hybridized carbons (Fsp3) is 0.0588. The van der Waals surface area contributed by atoms with Crippen molar-refractivity contribution >= 4 is 17.3 Å². The molecule has 6 heteroatoms. The Kier molecular flexibility index (Phi) is 4.24. The summed E-state index contributed by atoms with van der Waals surface area (Å²) in [5.41, 5.74) is 2.50. The van der Waals surface area contributed by atoms with Crippen LogP contribution >= 0.6 is 0 Å². The lowest BCUT2D eigenvalue weighted by Crippen LogP contribution is -2.14. The van der Waals surface area contributed by atoms with Crippen LogP contribution in [0.5, 0.6) is 5.75 Å². The first kappa shape index (κ1) is 14.6. The van der Waals surface area contributed by atoms with Gasteiger partial charge >= 0.3 is 0 Å². The molecule has 1 heterocycles. The highest BCUT2D eigenvalue weighted by molar-refractivity contribution is 6.06. The summed E-state index contributed by atoms with van der Waals surface area (Å²) in [4.78, 5) is 12.3. The SMILES string of the molecule is O=C(Nc1cccc(O)c1)c1n[nH]cc1NCc1ccccc1. The van der Waals surface area contributed by atoms with Crippen molar-refractivity contribution < 1.29 is 9.90 Å². The number of hydrogen-bond donors (Lipinski definition) is 4. The van der Waals surface area contributed by atoms with Crippen LogP contribution in [0.15, 0.2) is 60.8 Å². The number of phenols is 1. The maximum atomic E-state index is 12.3. The van der Waals surface area contributed by atoms with Gasteiger partial charge in [0.1, 0.15) is 5.75 Å². The number of H-pyrrole nitrogens is 1. The van der Waals surface area contributed by atoms with Gasteiger partial charge in [-0.3, -0.25) is 9.89 Å². The molecule has 3 aromatic rings. The highest BCUT2D eigenvalue weighted by atomic mass is 16.3. The number of carbonyl (C=O) groups is 1. The van der Waals surface area contributed by atoms with Crippen molar-refractivity contribution in [3.8, 4) is 5.75 Å². The second-order valence-electron chi connectivity index (χ2n) is 4.99. The molecule has 4 N–H and O–H groups in total. The van der Waals surface area contributed by atoms with Gasteiger partial charge in [0.25, 0.3) is 5.91 Å². The molecule has 0 radical (unpaired) electrons. The van der Waals surface area contributed by atoms with Crippen LogP contribution in [-0.4, -0.2) is 21.2 Å². The van der Waals surface area contributed by atoms with Crippen LogP contribution < -0.4 is 10.6 Å². The van der Waals surface area contributed by atoms with Gasteiger partial charge in [-0.05, 0) is 17.7 Å². The van der Waals surface area contributed by atoms with Gasteiger partial charge in [0, 0.05) is 24.5 Å². The highest BCUT2D eigenvalue weighted by Gasteiger charge is 2.15. The van der Waals surface area contributed by atoms with Crippen LogP contribution in [0, 0.1) is 0 Å². The number of rotatable bonds is 5. The molecule has 0 fully saturated rings. The van der Waals surface area contributed by atoms with E-state index in [2.05, 4.69) is 20.8 Å². The topological polar surface area (TPSA) is 90.0 Å². The summed E-state index contributed by atoms with van der Waals surface area (Å²) in [5.74, 6) is -0.264. The van der Waals surface area contributed by atoms with Crippen molar-refractivity contribution in [3.63, 3.8) is 0 Å². The Morgan fingerprint density at radius 2 is 1.96 bits per heavy atom. The van der Waals surface area contributed by atoms with Gasteiger partial charge in [0.2, 0.25) is 0 Å². The van der Waals surface area contributed by atoms with Crippen LogP contribution in [0.2, 0.25) is 0 Å². The highest BCUT2D eigenvalue weighted by Crippen LogP contribution is 2.18. The molecule has 0 aliphatic carbocycles. The maximum absolute atomic E-state index is 12.3. The zero-order valence-electron chi connectivity index (χ0n) is 12.3. The van der Waals surface area contributed by atoms with E-state index in [0.29, 0.717) is 17.9 Å². The molecule has 1 amide bonds. The summed E-state index contributed by atoms with van der Waals surface area (Å²) >= 11 is 0. The molecule has 116 valence electrons. The lowest BCUT2D eigenvalue weighted by molar-refractivity contribution is 0.102. The van der Waals surface area contributed by atoms with Crippen LogP contribution in [0.3, 0.4) is 0 Å². The maximum Gasteiger partial charge on any atom is 0.278 e. The Bertz CT molecular complexity index is 799. The molecule has 23 heavy (non-hydrogen) atoms. The number of amides is 1. The molecular formula is C17H16N4O2. The van der Waals surface area contributed by atoms with Crippen molar-refractivity contribution in [1.29, 1.82) is 0 Å². The fourth-order valence-electron chi connectivity index (χ4n) is 2.16. The summed E-state index contributed by atoms with van der Waals surface area (Å²) < 4.78 is 0. The molecule has 0 spiro atoms. The number of nitrogens with zero attached hydrogens (tertiary/aromatic N) is 1. The molecule has 0 bridgehead atoms. The molecule has 1 aromatic heterocycles. The van der Waals surface area contributed by atoms with Gasteiger partial charge in [-0.15, -0.1) is 0 Å². The largest absolute Gasteiger partial charge is 0.508 e. The van der Waals surface area contributed by atoms with Crippen molar-refractivity contribution in [2.45, 2.75) is 6.54 Å². The number of aromatic amines is 1. The minimum atomic E-state index is -0.354. The van der Waals surface area contributed by atoms with Crippen LogP contribution in [0.1, 0.15) is 16.1 Å². The van der Waals surface area contributed by atoms with Crippen molar-refractivity contribution in [2.24, 2.45) is 0 Å². The minimum absolute atomic E-state index is 0.0900. The number of aromatic hydroxyl groups is 1. The third-order valence-corrected chi connectivity index (χ3v) is 3.29. The monoisotopic (exact) mass is 308 g/mol. The smallest absolute Gasteiger partial charge is 0.278 e. The molecular weight excluding hydrogens is 292 g/mol. The number of nitrogens with one attached hydrogen (secondary N) is 3. The Morgan fingerprint density at radius 1 is 1.13 bits per heavy atom. The van der Waals surface area contributed by atoms with Gasteiger partial charge < -0.3 is 15.7 Å².